The Hall–Kier alpha value is -1.37. The molecule has 0 aromatic heterocycles. The van der Waals surface area contributed by atoms with Gasteiger partial charge in [-0.25, -0.2) is 0 Å². The second-order valence-electron chi connectivity index (χ2n) is 4.14. The van der Waals surface area contributed by atoms with Crippen molar-refractivity contribution in [1.82, 2.24) is 5.32 Å². The molecule has 1 heterocycles. The molecule has 1 saturated heterocycles. The van der Waals surface area contributed by atoms with Crippen LogP contribution in [0.1, 0.15) is 24.0 Å². The van der Waals surface area contributed by atoms with E-state index in [-0.39, 0.29) is 6.10 Å². The van der Waals surface area contributed by atoms with Crippen LogP contribution in [0.4, 0.5) is 0 Å². The van der Waals surface area contributed by atoms with Gasteiger partial charge in [0.05, 0.1) is 24.3 Å². The Kier molecular flexibility index (Phi) is 3.55. The highest BCUT2D eigenvalue weighted by Crippen LogP contribution is 2.22. The zero-order chi connectivity index (χ0) is 11.4. The first-order valence-corrected chi connectivity index (χ1v) is 5.63. The fourth-order valence-corrected chi connectivity index (χ4v) is 1.98. The lowest BCUT2D eigenvalue weighted by molar-refractivity contribution is 0.0146. The van der Waals surface area contributed by atoms with Crippen molar-refractivity contribution in [1.29, 1.82) is 5.26 Å². The average molecular weight is 216 g/mol. The molecule has 1 aliphatic rings. The maximum atomic E-state index is 8.73. The van der Waals surface area contributed by atoms with Gasteiger partial charge in [0.2, 0.25) is 0 Å². The van der Waals surface area contributed by atoms with Gasteiger partial charge in [0.15, 0.2) is 0 Å². The van der Waals surface area contributed by atoms with Crippen LogP contribution in [0.5, 0.6) is 0 Å². The molecular weight excluding hydrogens is 200 g/mol. The van der Waals surface area contributed by atoms with Gasteiger partial charge in [-0.2, -0.15) is 5.26 Å². The van der Waals surface area contributed by atoms with Gasteiger partial charge in [-0.3, -0.25) is 0 Å². The van der Waals surface area contributed by atoms with Gasteiger partial charge < -0.3 is 10.1 Å². The molecule has 1 fully saturated rings. The molecule has 1 aliphatic heterocycles. The normalized spacial score (nSPS) is 22.4. The fraction of sp³-hybridized carbons (Fsp3) is 0.462. The van der Waals surface area contributed by atoms with Crippen molar-refractivity contribution in [2.45, 2.75) is 18.9 Å². The molecule has 3 heteroatoms. The van der Waals surface area contributed by atoms with Crippen LogP contribution in [0.2, 0.25) is 0 Å². The lowest BCUT2D eigenvalue weighted by Crippen LogP contribution is -2.41. The van der Waals surface area contributed by atoms with Crippen molar-refractivity contribution in [3.05, 3.63) is 35.4 Å². The molecule has 84 valence electrons. The number of nitrogens with zero attached hydrogens (tertiary/aromatic N) is 1. The van der Waals surface area contributed by atoms with Crippen LogP contribution in [0, 0.1) is 11.3 Å². The third-order valence-electron chi connectivity index (χ3n) is 3.08. The first kappa shape index (κ1) is 11.1. The Labute approximate surface area is 96.0 Å². The molecule has 2 rings (SSSR count). The van der Waals surface area contributed by atoms with E-state index in [0.717, 1.165) is 19.7 Å². The minimum Gasteiger partial charge on any atom is -0.375 e. The van der Waals surface area contributed by atoms with E-state index in [4.69, 9.17) is 10.00 Å². The van der Waals surface area contributed by atoms with Crippen molar-refractivity contribution in [3.63, 3.8) is 0 Å². The average Bonchev–Trinajstić information content (AvgIpc) is 2.39. The number of hydrogen-bond donors (Lipinski definition) is 1. The van der Waals surface area contributed by atoms with E-state index in [2.05, 4.69) is 18.3 Å². The Balaban J connectivity index is 2.07. The monoisotopic (exact) mass is 216 g/mol. The Morgan fingerprint density at radius 3 is 2.75 bits per heavy atom. The lowest BCUT2D eigenvalue weighted by atomic mass is 9.94. The van der Waals surface area contributed by atoms with Gasteiger partial charge in [-0.05, 0) is 17.7 Å². The van der Waals surface area contributed by atoms with Crippen LogP contribution >= 0.6 is 0 Å². The molecule has 16 heavy (non-hydrogen) atoms. The fourth-order valence-electron chi connectivity index (χ4n) is 1.98. The summed E-state index contributed by atoms with van der Waals surface area (Å²) in [6, 6.07) is 9.89. The van der Waals surface area contributed by atoms with Gasteiger partial charge in [0.1, 0.15) is 0 Å². The minimum absolute atomic E-state index is 0.238. The Morgan fingerprint density at radius 2 is 2.19 bits per heavy atom. The zero-order valence-corrected chi connectivity index (χ0v) is 9.44. The van der Waals surface area contributed by atoms with Crippen LogP contribution in [0.3, 0.4) is 0 Å². The Bertz CT molecular complexity index is 374. The summed E-state index contributed by atoms with van der Waals surface area (Å²) >= 11 is 0. The molecule has 2 unspecified atom stereocenters. The van der Waals surface area contributed by atoms with Crippen molar-refractivity contribution in [2.75, 3.05) is 19.7 Å². The predicted molar refractivity (Wildman–Crippen MR) is 62.2 cm³/mol. The lowest BCUT2D eigenvalue weighted by Gasteiger charge is -2.29. The predicted octanol–water partition coefficient (Wildman–Crippen LogP) is 1.65. The molecular formula is C13H16N2O. The summed E-state index contributed by atoms with van der Waals surface area (Å²) in [6.07, 6.45) is 0.238. The first-order chi connectivity index (χ1) is 7.81. The number of benzene rings is 1. The van der Waals surface area contributed by atoms with Crippen molar-refractivity contribution in [3.8, 4) is 6.07 Å². The van der Waals surface area contributed by atoms with Crippen LogP contribution < -0.4 is 5.32 Å². The second kappa shape index (κ2) is 5.11. The van der Waals surface area contributed by atoms with E-state index in [1.165, 1.54) is 5.56 Å². The molecule has 0 bridgehead atoms. The van der Waals surface area contributed by atoms with E-state index >= 15 is 0 Å². The minimum atomic E-state index is 0.238. The molecule has 0 amide bonds. The standard InChI is InChI=1S/C13H16N2O/c1-10(13-9-15-6-7-16-13)12-4-2-11(8-14)3-5-12/h2-5,10,13,15H,6-7,9H2,1H3. The summed E-state index contributed by atoms with van der Waals surface area (Å²) in [5.41, 5.74) is 1.94. The van der Waals surface area contributed by atoms with Crippen molar-refractivity contribution in [2.24, 2.45) is 0 Å². The number of hydrogen-bond acceptors (Lipinski definition) is 3. The van der Waals surface area contributed by atoms with Crippen LogP contribution in [0.15, 0.2) is 24.3 Å². The highest BCUT2D eigenvalue weighted by molar-refractivity contribution is 5.33. The smallest absolute Gasteiger partial charge is 0.0991 e. The molecule has 3 nitrogen and oxygen atoms in total. The van der Waals surface area contributed by atoms with E-state index in [9.17, 15) is 0 Å². The second-order valence-corrected chi connectivity index (χ2v) is 4.14. The molecule has 0 radical (unpaired) electrons. The van der Waals surface area contributed by atoms with Crippen molar-refractivity contribution >= 4 is 0 Å². The van der Waals surface area contributed by atoms with Gasteiger partial charge in [-0.15, -0.1) is 0 Å². The maximum Gasteiger partial charge on any atom is 0.0991 e. The molecule has 0 saturated carbocycles. The summed E-state index contributed by atoms with van der Waals surface area (Å²) in [5.74, 6) is 0.362. The maximum absolute atomic E-state index is 8.73. The van der Waals surface area contributed by atoms with Crippen LogP contribution in [-0.2, 0) is 4.74 Å². The summed E-state index contributed by atoms with van der Waals surface area (Å²) in [7, 11) is 0. The third kappa shape index (κ3) is 2.41. The summed E-state index contributed by atoms with van der Waals surface area (Å²) in [4.78, 5) is 0. The van der Waals surface area contributed by atoms with Gasteiger partial charge in [-0.1, -0.05) is 19.1 Å². The Morgan fingerprint density at radius 1 is 1.44 bits per heavy atom. The number of nitriles is 1. The first-order valence-electron chi connectivity index (χ1n) is 5.63. The molecule has 0 spiro atoms. The van der Waals surface area contributed by atoms with E-state index in [0.29, 0.717) is 11.5 Å². The van der Waals surface area contributed by atoms with Gasteiger partial charge >= 0.3 is 0 Å². The summed E-state index contributed by atoms with van der Waals surface area (Å²) < 4.78 is 5.72. The molecule has 1 aromatic carbocycles. The quantitative estimate of drug-likeness (QED) is 0.817. The summed E-state index contributed by atoms with van der Waals surface area (Å²) in [5, 5.41) is 12.1. The highest BCUT2D eigenvalue weighted by Gasteiger charge is 2.21. The van der Waals surface area contributed by atoms with Gasteiger partial charge in [0, 0.05) is 19.0 Å². The molecule has 1 N–H and O–H groups in total. The van der Waals surface area contributed by atoms with E-state index in [1.54, 1.807) is 0 Å². The molecule has 0 aliphatic carbocycles. The highest BCUT2D eigenvalue weighted by atomic mass is 16.5. The molecule has 2 atom stereocenters. The number of morpholine rings is 1. The van der Waals surface area contributed by atoms with Crippen molar-refractivity contribution < 1.29 is 4.74 Å². The number of ether oxygens (including phenoxy) is 1. The van der Waals surface area contributed by atoms with E-state index < -0.39 is 0 Å². The number of nitrogens with one attached hydrogen (secondary N) is 1. The molecule has 1 aromatic rings. The largest absolute Gasteiger partial charge is 0.375 e. The van der Waals surface area contributed by atoms with Crippen LogP contribution in [-0.4, -0.2) is 25.8 Å². The SMILES string of the molecule is CC(c1ccc(C#N)cc1)C1CNCCO1. The number of rotatable bonds is 2. The third-order valence-corrected chi connectivity index (χ3v) is 3.08. The van der Waals surface area contributed by atoms with Crippen LogP contribution in [0.25, 0.3) is 0 Å². The van der Waals surface area contributed by atoms with E-state index in [1.807, 2.05) is 24.3 Å². The summed E-state index contributed by atoms with van der Waals surface area (Å²) in [6.45, 7) is 4.79. The topological polar surface area (TPSA) is 45.0 Å². The van der Waals surface area contributed by atoms with Gasteiger partial charge in [0.25, 0.3) is 0 Å². The zero-order valence-electron chi connectivity index (χ0n) is 9.44.